The molecule has 2 nitrogen and oxygen atoms in total. The van der Waals surface area contributed by atoms with Crippen LogP contribution in [0.2, 0.25) is 0 Å². The van der Waals surface area contributed by atoms with E-state index in [0.717, 1.165) is 39.0 Å². The first-order valence-corrected chi connectivity index (χ1v) is 17.5. The summed E-state index contributed by atoms with van der Waals surface area (Å²) in [6.45, 7) is 0. The number of anilines is 3. The molecular formula is C49H33NO. The van der Waals surface area contributed by atoms with Crippen molar-refractivity contribution in [3.63, 3.8) is 0 Å². The van der Waals surface area contributed by atoms with Crippen molar-refractivity contribution in [2.75, 3.05) is 4.90 Å². The third kappa shape index (κ3) is 4.50. The van der Waals surface area contributed by atoms with Gasteiger partial charge in [0.2, 0.25) is 0 Å². The lowest BCUT2D eigenvalue weighted by Crippen LogP contribution is -2.28. The Kier molecular flexibility index (Phi) is 6.75. The number of benzene rings is 8. The molecule has 0 saturated carbocycles. The number of nitrogens with zero attached hydrogens (tertiary/aromatic N) is 1. The highest BCUT2D eigenvalue weighted by Crippen LogP contribution is 2.59. The molecule has 1 aliphatic rings. The summed E-state index contributed by atoms with van der Waals surface area (Å²) in [5.74, 6) is 0. The van der Waals surface area contributed by atoms with Crippen molar-refractivity contribution in [1.82, 2.24) is 0 Å². The van der Waals surface area contributed by atoms with Gasteiger partial charge in [-0.25, -0.2) is 0 Å². The Morgan fingerprint density at radius 2 is 0.980 bits per heavy atom. The van der Waals surface area contributed by atoms with Crippen LogP contribution in [-0.2, 0) is 5.41 Å². The molecule has 0 unspecified atom stereocenters. The molecule has 0 spiro atoms. The first kappa shape index (κ1) is 29.3. The molecule has 0 atom stereocenters. The van der Waals surface area contributed by atoms with Crippen molar-refractivity contribution >= 4 is 39.0 Å². The topological polar surface area (TPSA) is 16.4 Å². The molecule has 1 aromatic heterocycles. The molecule has 1 aliphatic carbocycles. The SMILES string of the molecule is c1ccc(-c2cccc(N(c3ccc4c(c3)oc3ccccc34)c3cccc4c3-c3ccccc3C4(c3ccccc3)c3ccccc3)c2)cc1. The van der Waals surface area contributed by atoms with Crippen LogP contribution in [0.4, 0.5) is 17.1 Å². The summed E-state index contributed by atoms with van der Waals surface area (Å²) in [7, 11) is 0. The number of furan rings is 1. The fourth-order valence-corrected chi connectivity index (χ4v) is 8.40. The number of rotatable bonds is 6. The smallest absolute Gasteiger partial charge is 0.137 e. The van der Waals surface area contributed by atoms with Gasteiger partial charge in [0.25, 0.3) is 0 Å². The van der Waals surface area contributed by atoms with Crippen LogP contribution in [0.1, 0.15) is 22.3 Å². The Morgan fingerprint density at radius 1 is 0.392 bits per heavy atom. The van der Waals surface area contributed by atoms with Crippen molar-refractivity contribution in [2.45, 2.75) is 5.41 Å². The van der Waals surface area contributed by atoms with Gasteiger partial charge in [0.1, 0.15) is 11.2 Å². The van der Waals surface area contributed by atoms with Gasteiger partial charge in [-0.1, -0.05) is 158 Å². The molecule has 0 amide bonds. The van der Waals surface area contributed by atoms with Crippen LogP contribution in [0, 0.1) is 0 Å². The second-order valence-corrected chi connectivity index (χ2v) is 13.3. The van der Waals surface area contributed by atoms with Crippen molar-refractivity contribution in [3.8, 4) is 22.3 Å². The van der Waals surface area contributed by atoms with Crippen molar-refractivity contribution in [1.29, 1.82) is 0 Å². The van der Waals surface area contributed by atoms with Crippen LogP contribution in [0.15, 0.2) is 205 Å². The molecule has 2 heteroatoms. The number of hydrogen-bond donors (Lipinski definition) is 0. The van der Waals surface area contributed by atoms with E-state index in [0.29, 0.717) is 0 Å². The molecule has 51 heavy (non-hydrogen) atoms. The molecule has 0 bridgehead atoms. The average molecular weight is 652 g/mol. The molecule has 8 aromatic carbocycles. The Morgan fingerprint density at radius 3 is 1.76 bits per heavy atom. The predicted molar refractivity (Wildman–Crippen MR) is 211 cm³/mol. The molecule has 0 aliphatic heterocycles. The quantitative estimate of drug-likeness (QED) is 0.178. The Hall–Kier alpha value is -6.64. The standard InChI is InChI=1S/C49H33NO/c1-4-16-34(17-5-1)35-18-14-23-38(32-35)50(39-30-31-41-40-24-11-13-29-46(40)51-47(41)33-39)45-28-15-27-44-48(45)42-25-10-12-26-43(42)49(44,36-19-6-2-7-20-36)37-21-8-3-9-22-37/h1-33H. The summed E-state index contributed by atoms with van der Waals surface area (Å²) in [5.41, 5.74) is 14.4. The van der Waals surface area contributed by atoms with E-state index in [9.17, 15) is 0 Å². The maximum Gasteiger partial charge on any atom is 0.137 e. The van der Waals surface area contributed by atoms with E-state index in [1.807, 2.05) is 12.1 Å². The van der Waals surface area contributed by atoms with Gasteiger partial charge < -0.3 is 9.32 Å². The predicted octanol–water partition coefficient (Wildman–Crippen LogP) is 13.1. The van der Waals surface area contributed by atoms with Gasteiger partial charge in [0.05, 0.1) is 11.1 Å². The van der Waals surface area contributed by atoms with Crippen LogP contribution in [-0.4, -0.2) is 0 Å². The highest BCUT2D eigenvalue weighted by molar-refractivity contribution is 6.06. The third-order valence-corrected chi connectivity index (χ3v) is 10.5. The zero-order valence-corrected chi connectivity index (χ0v) is 27.9. The second-order valence-electron chi connectivity index (χ2n) is 13.3. The van der Waals surface area contributed by atoms with E-state index in [1.54, 1.807) is 0 Å². The van der Waals surface area contributed by atoms with Crippen LogP contribution in [0.3, 0.4) is 0 Å². The number of hydrogen-bond acceptors (Lipinski definition) is 2. The van der Waals surface area contributed by atoms with E-state index in [4.69, 9.17) is 4.42 Å². The fourth-order valence-electron chi connectivity index (χ4n) is 8.40. The molecule has 9 aromatic rings. The summed E-state index contributed by atoms with van der Waals surface area (Å²) in [4.78, 5) is 2.42. The third-order valence-electron chi connectivity index (χ3n) is 10.5. The lowest BCUT2D eigenvalue weighted by Gasteiger charge is -2.34. The second kappa shape index (κ2) is 11.8. The largest absolute Gasteiger partial charge is 0.456 e. The van der Waals surface area contributed by atoms with Crippen molar-refractivity contribution in [2.24, 2.45) is 0 Å². The van der Waals surface area contributed by atoms with Crippen molar-refractivity contribution in [3.05, 3.63) is 222 Å². The lowest BCUT2D eigenvalue weighted by atomic mass is 9.68. The van der Waals surface area contributed by atoms with Crippen LogP contribution in [0.25, 0.3) is 44.2 Å². The number of para-hydroxylation sites is 1. The maximum absolute atomic E-state index is 6.48. The van der Waals surface area contributed by atoms with Gasteiger partial charge in [-0.15, -0.1) is 0 Å². The van der Waals surface area contributed by atoms with Gasteiger partial charge >= 0.3 is 0 Å². The zero-order valence-electron chi connectivity index (χ0n) is 27.9. The summed E-state index contributed by atoms with van der Waals surface area (Å²) >= 11 is 0. The van der Waals surface area contributed by atoms with Crippen molar-refractivity contribution < 1.29 is 4.42 Å². The van der Waals surface area contributed by atoms with Crippen LogP contribution < -0.4 is 4.90 Å². The summed E-state index contributed by atoms with van der Waals surface area (Å²) in [5, 5.41) is 2.24. The molecule has 0 fully saturated rings. The Balaban J connectivity index is 1.28. The van der Waals surface area contributed by atoms with Gasteiger partial charge in [-0.3, -0.25) is 0 Å². The van der Waals surface area contributed by atoms with Gasteiger partial charge in [0, 0.05) is 33.8 Å². The molecular weight excluding hydrogens is 619 g/mol. The molecule has 0 N–H and O–H groups in total. The highest BCUT2D eigenvalue weighted by atomic mass is 16.3. The average Bonchev–Trinajstić information content (AvgIpc) is 3.73. The first-order chi connectivity index (χ1) is 25.3. The molecule has 1 heterocycles. The minimum absolute atomic E-state index is 0.495. The Bertz CT molecular complexity index is 2650. The summed E-state index contributed by atoms with van der Waals surface area (Å²) in [6, 6.07) is 72.2. The van der Waals surface area contributed by atoms with E-state index in [1.165, 1.54) is 44.5 Å². The zero-order chi connectivity index (χ0) is 33.8. The van der Waals surface area contributed by atoms with Gasteiger partial charge in [-0.05, 0) is 75.3 Å². The normalized spacial score (nSPS) is 12.9. The van der Waals surface area contributed by atoms with E-state index in [2.05, 4.69) is 193 Å². The van der Waals surface area contributed by atoms with Gasteiger partial charge in [0.15, 0.2) is 0 Å². The molecule has 10 rings (SSSR count). The lowest BCUT2D eigenvalue weighted by molar-refractivity contribution is 0.669. The molecule has 0 radical (unpaired) electrons. The minimum Gasteiger partial charge on any atom is -0.456 e. The van der Waals surface area contributed by atoms with Crippen LogP contribution >= 0.6 is 0 Å². The first-order valence-electron chi connectivity index (χ1n) is 17.5. The molecule has 240 valence electrons. The minimum atomic E-state index is -0.495. The Labute approximate surface area is 297 Å². The molecule has 0 saturated heterocycles. The van der Waals surface area contributed by atoms with E-state index < -0.39 is 5.41 Å². The summed E-state index contributed by atoms with van der Waals surface area (Å²) < 4.78 is 6.48. The van der Waals surface area contributed by atoms with Crippen LogP contribution in [0.5, 0.6) is 0 Å². The highest BCUT2D eigenvalue weighted by Gasteiger charge is 2.47. The van der Waals surface area contributed by atoms with Gasteiger partial charge in [-0.2, -0.15) is 0 Å². The summed E-state index contributed by atoms with van der Waals surface area (Å²) in [6.07, 6.45) is 0. The fraction of sp³-hybridized carbons (Fsp3) is 0.0204. The van der Waals surface area contributed by atoms with E-state index in [-0.39, 0.29) is 0 Å². The number of fused-ring (bicyclic) bond motifs is 6. The monoisotopic (exact) mass is 651 g/mol. The van der Waals surface area contributed by atoms with E-state index >= 15 is 0 Å². The maximum atomic E-state index is 6.48.